The maximum atomic E-state index is 14.2. The SMILES string of the molecule is CN(C)c1ncc(C(=O)N2CCc3onc(-c4ccccc4F)c3C2)cn1. The number of halogens is 1. The predicted octanol–water partition coefficient (Wildman–Crippen LogP) is 2.54. The smallest absolute Gasteiger partial charge is 0.257 e. The summed E-state index contributed by atoms with van der Waals surface area (Å²) in [6.07, 6.45) is 3.57. The second kappa shape index (κ2) is 6.79. The van der Waals surface area contributed by atoms with Crippen molar-refractivity contribution in [2.45, 2.75) is 13.0 Å². The zero-order chi connectivity index (χ0) is 19.0. The molecule has 0 atom stereocenters. The average Bonchev–Trinajstić information content (AvgIpc) is 3.11. The third kappa shape index (κ3) is 3.14. The molecule has 7 nitrogen and oxygen atoms in total. The monoisotopic (exact) mass is 367 g/mol. The second-order valence-electron chi connectivity index (χ2n) is 6.56. The standard InChI is InChI=1S/C19H18FN5O2/c1-24(2)19-21-9-12(10-22-19)18(26)25-8-7-16-14(11-25)17(23-27-16)13-5-3-4-6-15(13)20/h3-6,9-10H,7-8,11H2,1-2H3. The quantitative estimate of drug-likeness (QED) is 0.708. The van der Waals surface area contributed by atoms with Gasteiger partial charge in [-0.15, -0.1) is 0 Å². The van der Waals surface area contributed by atoms with Gasteiger partial charge in [-0.3, -0.25) is 4.79 Å². The number of aromatic nitrogens is 3. The Balaban J connectivity index is 1.60. The first-order valence-corrected chi connectivity index (χ1v) is 8.55. The van der Waals surface area contributed by atoms with Gasteiger partial charge < -0.3 is 14.3 Å². The minimum atomic E-state index is -0.371. The van der Waals surface area contributed by atoms with Crippen molar-refractivity contribution in [1.82, 2.24) is 20.0 Å². The van der Waals surface area contributed by atoms with E-state index in [1.54, 1.807) is 28.0 Å². The summed E-state index contributed by atoms with van der Waals surface area (Å²) in [5.74, 6) is 0.682. The molecule has 0 radical (unpaired) electrons. The molecular weight excluding hydrogens is 349 g/mol. The van der Waals surface area contributed by atoms with E-state index >= 15 is 0 Å². The zero-order valence-corrected chi connectivity index (χ0v) is 15.0. The Labute approximate surface area is 155 Å². The van der Waals surface area contributed by atoms with Gasteiger partial charge in [0.2, 0.25) is 5.95 Å². The molecule has 3 heterocycles. The molecule has 0 aliphatic carbocycles. The van der Waals surface area contributed by atoms with Crippen LogP contribution in [-0.2, 0) is 13.0 Å². The van der Waals surface area contributed by atoms with Crippen LogP contribution in [0, 0.1) is 5.82 Å². The summed E-state index contributed by atoms with van der Waals surface area (Å²) in [5.41, 5.74) is 1.97. The first-order chi connectivity index (χ1) is 13.0. The fraction of sp³-hybridized carbons (Fsp3) is 0.263. The summed E-state index contributed by atoms with van der Waals surface area (Å²) in [6, 6.07) is 6.40. The van der Waals surface area contributed by atoms with Crippen LogP contribution in [0.15, 0.2) is 41.2 Å². The molecule has 0 saturated heterocycles. The lowest BCUT2D eigenvalue weighted by Gasteiger charge is -2.26. The van der Waals surface area contributed by atoms with Gasteiger partial charge >= 0.3 is 0 Å². The summed E-state index contributed by atoms with van der Waals surface area (Å²) in [7, 11) is 3.66. The van der Waals surface area contributed by atoms with E-state index in [2.05, 4.69) is 15.1 Å². The molecule has 3 aromatic rings. The zero-order valence-electron chi connectivity index (χ0n) is 15.0. The average molecular weight is 367 g/mol. The molecule has 138 valence electrons. The van der Waals surface area contributed by atoms with E-state index in [9.17, 15) is 9.18 Å². The molecule has 1 aliphatic rings. The number of amides is 1. The van der Waals surface area contributed by atoms with Crippen LogP contribution in [-0.4, -0.2) is 46.6 Å². The number of carbonyl (C=O) groups is 1. The molecule has 1 aliphatic heterocycles. The molecule has 0 fully saturated rings. The number of rotatable bonds is 3. The Kier molecular flexibility index (Phi) is 4.31. The number of carbonyl (C=O) groups excluding carboxylic acids is 1. The van der Waals surface area contributed by atoms with Gasteiger partial charge in [-0.05, 0) is 12.1 Å². The highest BCUT2D eigenvalue weighted by atomic mass is 19.1. The van der Waals surface area contributed by atoms with Gasteiger partial charge in [0.15, 0.2) is 0 Å². The molecule has 4 rings (SSSR count). The van der Waals surface area contributed by atoms with Crippen molar-refractivity contribution in [3.8, 4) is 11.3 Å². The van der Waals surface area contributed by atoms with Crippen molar-refractivity contribution in [2.24, 2.45) is 0 Å². The maximum absolute atomic E-state index is 14.2. The number of nitrogens with zero attached hydrogens (tertiary/aromatic N) is 5. The van der Waals surface area contributed by atoms with Gasteiger partial charge in [-0.1, -0.05) is 17.3 Å². The van der Waals surface area contributed by atoms with Crippen molar-refractivity contribution < 1.29 is 13.7 Å². The van der Waals surface area contributed by atoms with Gasteiger partial charge in [-0.2, -0.15) is 0 Å². The Hall–Kier alpha value is -3.29. The highest BCUT2D eigenvalue weighted by Gasteiger charge is 2.29. The fourth-order valence-corrected chi connectivity index (χ4v) is 3.09. The van der Waals surface area contributed by atoms with Gasteiger partial charge in [0.25, 0.3) is 5.91 Å². The number of benzene rings is 1. The van der Waals surface area contributed by atoms with E-state index in [0.29, 0.717) is 48.0 Å². The summed E-state index contributed by atoms with van der Waals surface area (Å²) in [6.45, 7) is 0.796. The van der Waals surface area contributed by atoms with E-state index < -0.39 is 0 Å². The minimum absolute atomic E-state index is 0.174. The maximum Gasteiger partial charge on any atom is 0.257 e. The van der Waals surface area contributed by atoms with Crippen molar-refractivity contribution in [1.29, 1.82) is 0 Å². The highest BCUT2D eigenvalue weighted by Crippen LogP contribution is 2.31. The highest BCUT2D eigenvalue weighted by molar-refractivity contribution is 5.94. The van der Waals surface area contributed by atoms with E-state index in [4.69, 9.17) is 4.52 Å². The normalized spacial score (nSPS) is 13.4. The van der Waals surface area contributed by atoms with Crippen LogP contribution in [0.4, 0.5) is 10.3 Å². The van der Waals surface area contributed by atoms with Gasteiger partial charge in [0.05, 0.1) is 12.1 Å². The third-order valence-electron chi connectivity index (χ3n) is 4.53. The van der Waals surface area contributed by atoms with Gasteiger partial charge in [0.1, 0.15) is 17.3 Å². The fourth-order valence-electron chi connectivity index (χ4n) is 3.09. The van der Waals surface area contributed by atoms with Crippen molar-refractivity contribution in [3.63, 3.8) is 0 Å². The lowest BCUT2D eigenvalue weighted by Crippen LogP contribution is -2.36. The second-order valence-corrected chi connectivity index (χ2v) is 6.56. The van der Waals surface area contributed by atoms with Crippen LogP contribution in [0.2, 0.25) is 0 Å². The Morgan fingerprint density at radius 1 is 1.22 bits per heavy atom. The lowest BCUT2D eigenvalue weighted by atomic mass is 10.0. The molecule has 0 bridgehead atoms. The van der Waals surface area contributed by atoms with E-state index in [0.717, 1.165) is 5.56 Å². The summed E-state index contributed by atoms with van der Waals surface area (Å²) in [4.78, 5) is 24.7. The number of fused-ring (bicyclic) bond motifs is 1. The number of anilines is 1. The first kappa shape index (κ1) is 17.1. The molecule has 0 spiro atoms. The predicted molar refractivity (Wildman–Crippen MR) is 96.7 cm³/mol. The van der Waals surface area contributed by atoms with Crippen molar-refractivity contribution in [3.05, 3.63) is 59.4 Å². The van der Waals surface area contributed by atoms with Crippen LogP contribution in [0.25, 0.3) is 11.3 Å². The van der Waals surface area contributed by atoms with Gasteiger partial charge in [0, 0.05) is 50.6 Å². The molecule has 8 heteroatoms. The molecule has 0 unspecified atom stereocenters. The molecule has 1 amide bonds. The van der Waals surface area contributed by atoms with E-state index in [1.807, 2.05) is 14.1 Å². The molecular formula is C19H18FN5O2. The summed E-state index contributed by atoms with van der Waals surface area (Å²) < 4.78 is 19.6. The first-order valence-electron chi connectivity index (χ1n) is 8.55. The van der Waals surface area contributed by atoms with Crippen LogP contribution >= 0.6 is 0 Å². The summed E-state index contributed by atoms with van der Waals surface area (Å²) in [5, 5.41) is 4.04. The minimum Gasteiger partial charge on any atom is -0.360 e. The Bertz CT molecular complexity index is 984. The molecule has 27 heavy (non-hydrogen) atoms. The van der Waals surface area contributed by atoms with Crippen LogP contribution in [0.1, 0.15) is 21.7 Å². The third-order valence-corrected chi connectivity index (χ3v) is 4.53. The van der Waals surface area contributed by atoms with Gasteiger partial charge in [-0.25, -0.2) is 14.4 Å². The Morgan fingerprint density at radius 2 is 1.96 bits per heavy atom. The van der Waals surface area contributed by atoms with Crippen LogP contribution in [0.3, 0.4) is 0 Å². The van der Waals surface area contributed by atoms with Crippen LogP contribution in [0.5, 0.6) is 0 Å². The van der Waals surface area contributed by atoms with Crippen LogP contribution < -0.4 is 4.90 Å². The largest absolute Gasteiger partial charge is 0.360 e. The number of hydrogen-bond donors (Lipinski definition) is 0. The van der Waals surface area contributed by atoms with E-state index in [1.165, 1.54) is 18.5 Å². The molecule has 0 saturated carbocycles. The summed E-state index contributed by atoms with van der Waals surface area (Å²) >= 11 is 0. The molecule has 1 aromatic carbocycles. The topological polar surface area (TPSA) is 75.4 Å². The number of hydrogen-bond acceptors (Lipinski definition) is 6. The Morgan fingerprint density at radius 3 is 2.67 bits per heavy atom. The lowest BCUT2D eigenvalue weighted by molar-refractivity contribution is 0.0728. The van der Waals surface area contributed by atoms with Crippen molar-refractivity contribution in [2.75, 3.05) is 25.5 Å². The van der Waals surface area contributed by atoms with E-state index in [-0.39, 0.29) is 11.7 Å². The molecule has 0 N–H and O–H groups in total. The van der Waals surface area contributed by atoms with Crippen molar-refractivity contribution >= 4 is 11.9 Å². The molecule has 2 aromatic heterocycles.